The third kappa shape index (κ3) is 1.06. The minimum Gasteiger partial charge on any atom is -0.378 e. The van der Waals surface area contributed by atoms with E-state index in [-0.39, 0.29) is 5.41 Å². The zero-order valence-electron chi connectivity index (χ0n) is 7.05. The Bertz CT molecular complexity index is 120. The van der Waals surface area contributed by atoms with E-state index >= 15 is 0 Å². The molecule has 0 spiro atoms. The van der Waals surface area contributed by atoms with Gasteiger partial charge in [-0.05, 0) is 13.3 Å². The van der Waals surface area contributed by atoms with E-state index in [4.69, 9.17) is 10.5 Å². The summed E-state index contributed by atoms with van der Waals surface area (Å²) in [7, 11) is 0. The second-order valence-electron chi connectivity index (χ2n) is 3.61. The quantitative estimate of drug-likeness (QED) is 0.629. The molecule has 2 N–H and O–H groups in total. The van der Waals surface area contributed by atoms with Crippen LogP contribution in [-0.2, 0) is 4.74 Å². The molecule has 0 heterocycles. The van der Waals surface area contributed by atoms with Gasteiger partial charge < -0.3 is 10.5 Å². The third-order valence-corrected chi connectivity index (χ3v) is 2.62. The molecule has 1 aliphatic carbocycles. The summed E-state index contributed by atoms with van der Waals surface area (Å²) in [5.41, 5.74) is 6.00. The van der Waals surface area contributed by atoms with Gasteiger partial charge in [0.15, 0.2) is 0 Å². The van der Waals surface area contributed by atoms with E-state index in [1.54, 1.807) is 0 Å². The van der Waals surface area contributed by atoms with Gasteiger partial charge in [0.2, 0.25) is 0 Å². The average Bonchev–Trinajstić information content (AvgIpc) is 1.88. The van der Waals surface area contributed by atoms with E-state index in [0.717, 1.165) is 13.0 Å². The van der Waals surface area contributed by atoms with Gasteiger partial charge in [-0.2, -0.15) is 0 Å². The summed E-state index contributed by atoms with van der Waals surface area (Å²) in [6.07, 6.45) is 1.42. The fourth-order valence-corrected chi connectivity index (χ4v) is 1.40. The lowest BCUT2D eigenvalue weighted by Crippen LogP contribution is -2.58. The summed E-state index contributed by atoms with van der Waals surface area (Å²) in [6, 6.07) is 0.337. The Balaban J connectivity index is 2.39. The van der Waals surface area contributed by atoms with Crippen molar-refractivity contribution in [2.24, 2.45) is 11.1 Å². The molecule has 10 heavy (non-hydrogen) atoms. The Morgan fingerprint density at radius 1 is 1.60 bits per heavy atom. The summed E-state index contributed by atoms with van der Waals surface area (Å²) in [4.78, 5) is 0. The molecule has 0 aliphatic heterocycles. The van der Waals surface area contributed by atoms with Crippen LogP contribution in [0.3, 0.4) is 0 Å². The molecule has 60 valence electrons. The maximum atomic E-state index is 5.80. The largest absolute Gasteiger partial charge is 0.378 e. The van der Waals surface area contributed by atoms with Crippen LogP contribution < -0.4 is 5.73 Å². The Labute approximate surface area is 62.7 Å². The van der Waals surface area contributed by atoms with Gasteiger partial charge in [-0.1, -0.05) is 13.8 Å². The summed E-state index contributed by atoms with van der Waals surface area (Å²) in [6.45, 7) is 7.17. The first-order chi connectivity index (χ1) is 4.59. The van der Waals surface area contributed by atoms with Gasteiger partial charge in [0, 0.05) is 18.1 Å². The first kappa shape index (κ1) is 8.02. The van der Waals surface area contributed by atoms with E-state index in [0.29, 0.717) is 12.1 Å². The topological polar surface area (TPSA) is 35.2 Å². The highest BCUT2D eigenvalue weighted by molar-refractivity contribution is 5.00. The van der Waals surface area contributed by atoms with Crippen LogP contribution >= 0.6 is 0 Å². The van der Waals surface area contributed by atoms with Crippen LogP contribution in [0.5, 0.6) is 0 Å². The highest BCUT2D eigenvalue weighted by Crippen LogP contribution is 2.41. The van der Waals surface area contributed by atoms with Crippen molar-refractivity contribution in [1.82, 2.24) is 0 Å². The Hall–Kier alpha value is -0.0800. The minimum atomic E-state index is 0.204. The second kappa shape index (κ2) is 2.51. The van der Waals surface area contributed by atoms with Gasteiger partial charge in [-0.15, -0.1) is 0 Å². The lowest BCUT2D eigenvalue weighted by atomic mass is 9.65. The van der Waals surface area contributed by atoms with Crippen molar-refractivity contribution < 1.29 is 4.74 Å². The maximum absolute atomic E-state index is 5.80. The third-order valence-electron chi connectivity index (χ3n) is 2.62. The van der Waals surface area contributed by atoms with Crippen LogP contribution in [-0.4, -0.2) is 18.8 Å². The van der Waals surface area contributed by atoms with E-state index in [1.807, 2.05) is 6.92 Å². The smallest absolute Gasteiger partial charge is 0.0655 e. The lowest BCUT2D eigenvalue weighted by Gasteiger charge is -2.49. The van der Waals surface area contributed by atoms with E-state index in [9.17, 15) is 0 Å². The predicted octanol–water partition coefficient (Wildman–Crippen LogP) is 1.15. The van der Waals surface area contributed by atoms with Crippen LogP contribution in [0.4, 0.5) is 0 Å². The van der Waals surface area contributed by atoms with Crippen molar-refractivity contribution in [1.29, 1.82) is 0 Å². The Kier molecular flexibility index (Phi) is 2.02. The van der Waals surface area contributed by atoms with E-state index in [2.05, 4.69) is 13.8 Å². The lowest BCUT2D eigenvalue weighted by molar-refractivity contribution is -0.103. The minimum absolute atomic E-state index is 0.204. The van der Waals surface area contributed by atoms with E-state index in [1.165, 1.54) is 0 Å². The van der Waals surface area contributed by atoms with Gasteiger partial charge in [0.05, 0.1) is 6.10 Å². The van der Waals surface area contributed by atoms with Crippen LogP contribution in [0.15, 0.2) is 0 Å². The van der Waals surface area contributed by atoms with Crippen LogP contribution in [0.25, 0.3) is 0 Å². The zero-order chi connectivity index (χ0) is 7.78. The maximum Gasteiger partial charge on any atom is 0.0655 e. The molecule has 0 aromatic rings. The molecule has 0 bridgehead atoms. The van der Waals surface area contributed by atoms with Crippen LogP contribution in [0.1, 0.15) is 27.2 Å². The normalized spacial score (nSPS) is 37.2. The molecule has 0 aromatic carbocycles. The summed E-state index contributed by atoms with van der Waals surface area (Å²) in [5, 5.41) is 0. The van der Waals surface area contributed by atoms with Gasteiger partial charge in [-0.25, -0.2) is 0 Å². The molecule has 2 atom stereocenters. The molecule has 1 aliphatic rings. The van der Waals surface area contributed by atoms with Crippen molar-refractivity contribution in [2.45, 2.75) is 39.3 Å². The molecule has 0 saturated heterocycles. The second-order valence-corrected chi connectivity index (χ2v) is 3.61. The summed E-state index contributed by atoms with van der Waals surface area (Å²) < 4.78 is 5.48. The number of hydrogen-bond acceptors (Lipinski definition) is 2. The zero-order valence-corrected chi connectivity index (χ0v) is 7.05. The monoisotopic (exact) mass is 143 g/mol. The van der Waals surface area contributed by atoms with Gasteiger partial charge >= 0.3 is 0 Å². The molecule has 1 saturated carbocycles. The predicted molar refractivity (Wildman–Crippen MR) is 41.8 cm³/mol. The van der Waals surface area contributed by atoms with Crippen molar-refractivity contribution in [3.8, 4) is 0 Å². The standard InChI is InChI=1S/C8H17NO/c1-4-10-7-5-6(9)8(7,2)3/h6-7H,4-5,9H2,1-3H3/t6-,7+/m1/s1. The highest BCUT2D eigenvalue weighted by atomic mass is 16.5. The SMILES string of the molecule is CCO[C@H]1C[C@@H](N)C1(C)C. The fraction of sp³-hybridized carbons (Fsp3) is 1.00. The number of rotatable bonds is 2. The van der Waals surface area contributed by atoms with Crippen LogP contribution in [0, 0.1) is 5.41 Å². The van der Waals surface area contributed by atoms with Crippen molar-refractivity contribution in [3.05, 3.63) is 0 Å². The number of ether oxygens (including phenoxy) is 1. The first-order valence-corrected chi connectivity index (χ1v) is 3.96. The highest BCUT2D eigenvalue weighted by Gasteiger charge is 2.46. The summed E-state index contributed by atoms with van der Waals surface area (Å²) in [5.74, 6) is 0. The molecule has 2 nitrogen and oxygen atoms in total. The molecular formula is C8H17NO. The fourth-order valence-electron chi connectivity index (χ4n) is 1.40. The van der Waals surface area contributed by atoms with E-state index < -0.39 is 0 Å². The molecule has 2 heteroatoms. The van der Waals surface area contributed by atoms with Crippen molar-refractivity contribution in [2.75, 3.05) is 6.61 Å². The van der Waals surface area contributed by atoms with Crippen molar-refractivity contribution in [3.63, 3.8) is 0 Å². The average molecular weight is 143 g/mol. The Morgan fingerprint density at radius 2 is 2.20 bits per heavy atom. The molecule has 0 amide bonds. The number of hydrogen-bond donors (Lipinski definition) is 1. The van der Waals surface area contributed by atoms with Gasteiger partial charge in [-0.3, -0.25) is 0 Å². The van der Waals surface area contributed by atoms with Gasteiger partial charge in [0.25, 0.3) is 0 Å². The Morgan fingerprint density at radius 3 is 2.50 bits per heavy atom. The molecule has 1 fully saturated rings. The first-order valence-electron chi connectivity index (χ1n) is 3.96. The van der Waals surface area contributed by atoms with Crippen molar-refractivity contribution >= 4 is 0 Å². The number of nitrogens with two attached hydrogens (primary N) is 1. The van der Waals surface area contributed by atoms with Gasteiger partial charge in [0.1, 0.15) is 0 Å². The molecule has 1 rings (SSSR count). The summed E-state index contributed by atoms with van der Waals surface area (Å²) >= 11 is 0. The molecule has 0 unspecified atom stereocenters. The molecular weight excluding hydrogens is 126 g/mol. The molecule has 0 radical (unpaired) electrons. The van der Waals surface area contributed by atoms with Crippen LogP contribution in [0.2, 0.25) is 0 Å². The molecule has 0 aromatic heterocycles.